The van der Waals surface area contributed by atoms with Crippen LogP contribution in [0.4, 0.5) is 46.0 Å². The number of aliphatic hydroxyl groups is 1. The second kappa shape index (κ2) is 11.1. The SMILES string of the molecule is CCN(C)c1ccc(N2c3nc(C#N)c(C#N)nc3N(c3ccc(N(C)CO)cc3)c3nc(C#N)c(C#N)nc32)cc1. The minimum absolute atomic E-state index is 0.166. The van der Waals surface area contributed by atoms with Gasteiger partial charge in [0, 0.05) is 43.4 Å². The van der Waals surface area contributed by atoms with Gasteiger partial charge in [-0.15, -0.1) is 0 Å². The van der Waals surface area contributed by atoms with Crippen molar-refractivity contribution in [3.05, 3.63) is 71.3 Å². The lowest BCUT2D eigenvalue weighted by Gasteiger charge is -2.37. The fourth-order valence-electron chi connectivity index (χ4n) is 4.41. The van der Waals surface area contributed by atoms with Crippen LogP contribution in [-0.2, 0) is 0 Å². The first-order valence-electron chi connectivity index (χ1n) is 12.7. The van der Waals surface area contributed by atoms with Crippen LogP contribution in [0.15, 0.2) is 48.5 Å². The smallest absolute Gasteiger partial charge is 0.184 e. The van der Waals surface area contributed by atoms with Crippen molar-refractivity contribution in [1.29, 1.82) is 21.0 Å². The molecule has 0 fully saturated rings. The number of nitrogens with zero attached hydrogens (tertiary/aromatic N) is 12. The fourth-order valence-corrected chi connectivity index (χ4v) is 4.41. The standard InChI is InChI=1S/C29H22N12O/c1-4-38(2)18-5-9-20(10-6-18)40-26-28(36-24(15-32)22(13-30)34-26)41(21-11-7-19(8-12-21)39(3)17-42)29-27(40)35-23(14-31)25(16-33)37-29/h5-12,42H,4,17H2,1-3H3. The highest BCUT2D eigenvalue weighted by molar-refractivity contribution is 5.96. The Labute approximate surface area is 241 Å². The zero-order valence-electron chi connectivity index (χ0n) is 22.8. The molecule has 1 N–H and O–H groups in total. The van der Waals surface area contributed by atoms with E-state index in [0.29, 0.717) is 11.4 Å². The second-order valence-corrected chi connectivity index (χ2v) is 9.14. The number of anilines is 8. The van der Waals surface area contributed by atoms with Crippen LogP contribution in [0.3, 0.4) is 0 Å². The van der Waals surface area contributed by atoms with Crippen molar-refractivity contribution in [1.82, 2.24) is 19.9 Å². The Hall–Kier alpha value is -6.28. The molecule has 2 aromatic heterocycles. The number of fused-ring (bicyclic) bond motifs is 2. The maximum absolute atomic E-state index is 9.79. The van der Waals surface area contributed by atoms with E-state index in [1.807, 2.05) is 62.5 Å². The molecule has 204 valence electrons. The van der Waals surface area contributed by atoms with E-state index in [0.717, 1.165) is 17.9 Å². The molecule has 13 heteroatoms. The molecule has 4 aromatic rings. The normalized spacial score (nSPS) is 11.3. The summed E-state index contributed by atoms with van der Waals surface area (Å²) < 4.78 is 0. The van der Waals surface area contributed by atoms with Gasteiger partial charge in [0.1, 0.15) is 31.0 Å². The van der Waals surface area contributed by atoms with Gasteiger partial charge in [-0.1, -0.05) is 0 Å². The third-order valence-corrected chi connectivity index (χ3v) is 6.77. The van der Waals surface area contributed by atoms with Crippen LogP contribution in [0.25, 0.3) is 0 Å². The Morgan fingerprint density at radius 3 is 1.17 bits per heavy atom. The molecule has 13 nitrogen and oxygen atoms in total. The van der Waals surface area contributed by atoms with Gasteiger partial charge in [0.15, 0.2) is 46.0 Å². The molecule has 42 heavy (non-hydrogen) atoms. The summed E-state index contributed by atoms with van der Waals surface area (Å²) in [5.41, 5.74) is 2.04. The van der Waals surface area contributed by atoms with Crippen LogP contribution in [0, 0.1) is 45.3 Å². The van der Waals surface area contributed by atoms with Gasteiger partial charge < -0.3 is 14.9 Å². The summed E-state index contributed by atoms with van der Waals surface area (Å²) in [4.78, 5) is 25.0. The molecule has 1 aliphatic heterocycles. The molecule has 1 aliphatic rings. The first-order chi connectivity index (χ1) is 20.4. The van der Waals surface area contributed by atoms with Crippen molar-refractivity contribution in [2.75, 3.05) is 47.0 Å². The summed E-state index contributed by atoms with van der Waals surface area (Å²) in [6.45, 7) is 2.63. The van der Waals surface area contributed by atoms with E-state index < -0.39 is 0 Å². The number of aliphatic hydroxyl groups excluding tert-OH is 1. The third kappa shape index (κ3) is 4.48. The molecule has 2 aromatic carbocycles. The minimum Gasteiger partial charge on any atom is -0.376 e. The van der Waals surface area contributed by atoms with Gasteiger partial charge >= 0.3 is 0 Å². The number of hydrogen-bond acceptors (Lipinski definition) is 13. The lowest BCUT2D eigenvalue weighted by molar-refractivity contribution is 0.298. The zero-order valence-corrected chi connectivity index (χ0v) is 22.8. The van der Waals surface area contributed by atoms with Crippen LogP contribution in [0.5, 0.6) is 0 Å². The molecule has 0 bridgehead atoms. The first kappa shape index (κ1) is 27.3. The van der Waals surface area contributed by atoms with Crippen molar-refractivity contribution in [3.8, 4) is 24.3 Å². The number of aromatic nitrogens is 4. The lowest BCUT2D eigenvalue weighted by atomic mass is 10.1. The average molecular weight is 555 g/mol. The zero-order chi connectivity index (χ0) is 30.0. The molecule has 0 radical (unpaired) electrons. The molecular formula is C29H22N12O. The predicted octanol–water partition coefficient (Wildman–Crippen LogP) is 3.85. The van der Waals surface area contributed by atoms with E-state index in [2.05, 4.69) is 24.8 Å². The summed E-state index contributed by atoms with van der Waals surface area (Å²) >= 11 is 0. The summed E-state index contributed by atoms with van der Waals surface area (Å²) in [5, 5.41) is 48.7. The highest BCUT2D eigenvalue weighted by atomic mass is 16.3. The molecule has 0 saturated heterocycles. The Kier molecular flexibility index (Phi) is 7.19. The molecule has 0 spiro atoms. The predicted molar refractivity (Wildman–Crippen MR) is 154 cm³/mol. The molecule has 5 rings (SSSR count). The first-order valence-corrected chi connectivity index (χ1v) is 12.7. The maximum Gasteiger partial charge on any atom is 0.184 e. The summed E-state index contributed by atoms with van der Waals surface area (Å²) in [6, 6.07) is 22.3. The van der Waals surface area contributed by atoms with E-state index in [-0.39, 0.29) is 52.8 Å². The average Bonchev–Trinajstić information content (AvgIpc) is 3.05. The van der Waals surface area contributed by atoms with Gasteiger partial charge in [0.05, 0.1) is 0 Å². The van der Waals surface area contributed by atoms with Crippen molar-refractivity contribution >= 4 is 46.0 Å². The minimum atomic E-state index is -0.196. The largest absolute Gasteiger partial charge is 0.376 e. The second-order valence-electron chi connectivity index (χ2n) is 9.14. The summed E-state index contributed by atoms with van der Waals surface area (Å²) in [7, 11) is 3.69. The van der Waals surface area contributed by atoms with Crippen molar-refractivity contribution in [3.63, 3.8) is 0 Å². The Morgan fingerprint density at radius 2 is 0.905 bits per heavy atom. The van der Waals surface area contributed by atoms with E-state index in [4.69, 9.17) is 0 Å². The van der Waals surface area contributed by atoms with Gasteiger partial charge in [0.25, 0.3) is 0 Å². The molecule has 0 amide bonds. The Balaban J connectivity index is 1.83. The number of hydrogen-bond donors (Lipinski definition) is 1. The molecule has 0 aliphatic carbocycles. The topological polar surface area (TPSA) is 180 Å². The fraction of sp³-hybridized carbons (Fsp3) is 0.172. The number of nitriles is 4. The van der Waals surface area contributed by atoms with Crippen LogP contribution in [0.2, 0.25) is 0 Å². The van der Waals surface area contributed by atoms with E-state index in [9.17, 15) is 26.2 Å². The van der Waals surface area contributed by atoms with Crippen LogP contribution in [0.1, 0.15) is 29.7 Å². The summed E-state index contributed by atoms with van der Waals surface area (Å²) in [5.74, 6) is 0.682. The summed E-state index contributed by atoms with van der Waals surface area (Å²) in [6.07, 6.45) is 0. The van der Waals surface area contributed by atoms with Gasteiger partial charge in [-0.25, -0.2) is 19.9 Å². The quantitative estimate of drug-likeness (QED) is 0.299. The van der Waals surface area contributed by atoms with E-state index in [1.165, 1.54) is 0 Å². The number of benzene rings is 2. The van der Waals surface area contributed by atoms with Crippen molar-refractivity contribution in [2.45, 2.75) is 6.92 Å². The van der Waals surface area contributed by atoms with Gasteiger partial charge in [-0.05, 0) is 55.5 Å². The van der Waals surface area contributed by atoms with Gasteiger partial charge in [-0.2, -0.15) is 21.0 Å². The number of rotatable bonds is 6. The lowest BCUT2D eigenvalue weighted by Crippen LogP contribution is -2.29. The maximum atomic E-state index is 9.79. The molecule has 3 heterocycles. The highest BCUT2D eigenvalue weighted by Crippen LogP contribution is 2.51. The van der Waals surface area contributed by atoms with E-state index in [1.54, 1.807) is 46.0 Å². The third-order valence-electron chi connectivity index (χ3n) is 6.77. The monoisotopic (exact) mass is 554 g/mol. The molecule has 0 saturated carbocycles. The molecule has 0 unspecified atom stereocenters. The Morgan fingerprint density at radius 1 is 0.595 bits per heavy atom. The van der Waals surface area contributed by atoms with Crippen LogP contribution >= 0.6 is 0 Å². The van der Waals surface area contributed by atoms with E-state index >= 15 is 0 Å². The van der Waals surface area contributed by atoms with Gasteiger partial charge in [-0.3, -0.25) is 9.80 Å². The highest BCUT2D eigenvalue weighted by Gasteiger charge is 2.38. The molecule has 0 atom stereocenters. The molecular weight excluding hydrogens is 532 g/mol. The van der Waals surface area contributed by atoms with Gasteiger partial charge in [0.2, 0.25) is 0 Å². The van der Waals surface area contributed by atoms with Crippen LogP contribution in [-0.4, -0.2) is 52.4 Å². The van der Waals surface area contributed by atoms with Crippen molar-refractivity contribution < 1.29 is 5.11 Å². The van der Waals surface area contributed by atoms with Crippen LogP contribution < -0.4 is 19.6 Å². The van der Waals surface area contributed by atoms with Crippen molar-refractivity contribution in [2.24, 2.45) is 0 Å². The Bertz CT molecular complexity index is 1620.